The fourth-order valence-corrected chi connectivity index (χ4v) is 4.87. The largest absolute Gasteiger partial charge is 0.490 e. The highest BCUT2D eigenvalue weighted by molar-refractivity contribution is 14.1. The molecule has 2 amide bonds. The Morgan fingerprint density at radius 3 is 2.37 bits per heavy atom. The van der Waals surface area contributed by atoms with Gasteiger partial charge in [0.15, 0.2) is 11.5 Å². The molecule has 3 aromatic rings. The van der Waals surface area contributed by atoms with E-state index in [0.717, 1.165) is 32.0 Å². The van der Waals surface area contributed by atoms with Crippen molar-refractivity contribution in [3.8, 4) is 11.5 Å². The quantitative estimate of drug-likeness (QED) is 0.186. The van der Waals surface area contributed by atoms with Gasteiger partial charge in [-0.2, -0.15) is 0 Å². The van der Waals surface area contributed by atoms with Gasteiger partial charge in [0, 0.05) is 3.57 Å². The summed E-state index contributed by atoms with van der Waals surface area (Å²) in [5.41, 5.74) is 2.50. The molecule has 35 heavy (non-hydrogen) atoms. The molecule has 0 radical (unpaired) electrons. The van der Waals surface area contributed by atoms with Crippen molar-refractivity contribution in [2.24, 2.45) is 0 Å². The number of rotatable bonds is 8. The van der Waals surface area contributed by atoms with E-state index in [1.165, 1.54) is 4.90 Å². The molecule has 1 saturated heterocycles. The molecule has 1 aliphatic rings. The Balaban J connectivity index is 1.50. The van der Waals surface area contributed by atoms with E-state index in [-0.39, 0.29) is 24.3 Å². The summed E-state index contributed by atoms with van der Waals surface area (Å²) in [5.74, 6) is 0.790. The van der Waals surface area contributed by atoms with E-state index in [2.05, 4.69) is 22.6 Å². The van der Waals surface area contributed by atoms with Crippen LogP contribution < -0.4 is 9.47 Å². The van der Waals surface area contributed by atoms with Crippen LogP contribution in [0.1, 0.15) is 23.6 Å². The first-order valence-corrected chi connectivity index (χ1v) is 13.3. The zero-order valence-electron chi connectivity index (χ0n) is 18.6. The van der Waals surface area contributed by atoms with Crippen LogP contribution in [0.3, 0.4) is 0 Å². The molecule has 3 aromatic carbocycles. The van der Waals surface area contributed by atoms with Gasteiger partial charge in [-0.15, -0.1) is 0 Å². The van der Waals surface area contributed by atoms with Gasteiger partial charge in [0.1, 0.15) is 6.61 Å². The molecule has 0 aliphatic carbocycles. The Kier molecular flexibility index (Phi) is 8.64. The average molecular weight is 640 g/mol. The summed E-state index contributed by atoms with van der Waals surface area (Å²) >= 11 is 15.2. The molecular formula is C26H20Cl2INO4S. The fraction of sp³-hybridized carbons (Fsp3) is 0.154. The number of imide groups is 1. The lowest BCUT2D eigenvalue weighted by atomic mass is 10.1. The van der Waals surface area contributed by atoms with Gasteiger partial charge in [0.25, 0.3) is 11.1 Å². The number of thioether (sulfide) groups is 1. The number of hydrogen-bond donors (Lipinski definition) is 0. The Labute approximate surface area is 231 Å². The Hall–Kier alpha value is -2.20. The zero-order valence-corrected chi connectivity index (χ0v) is 23.1. The van der Waals surface area contributed by atoms with Crippen LogP contribution >= 0.6 is 57.6 Å². The van der Waals surface area contributed by atoms with E-state index in [9.17, 15) is 9.59 Å². The summed E-state index contributed by atoms with van der Waals surface area (Å²) in [6.45, 7) is 2.85. The molecule has 4 rings (SSSR count). The van der Waals surface area contributed by atoms with Gasteiger partial charge in [-0.3, -0.25) is 14.5 Å². The lowest BCUT2D eigenvalue weighted by Gasteiger charge is -2.13. The molecule has 0 unspecified atom stereocenters. The van der Waals surface area contributed by atoms with E-state index in [0.29, 0.717) is 33.1 Å². The first-order chi connectivity index (χ1) is 16.8. The zero-order chi connectivity index (χ0) is 24.9. The maximum atomic E-state index is 12.9. The van der Waals surface area contributed by atoms with Crippen LogP contribution in [0.2, 0.25) is 10.0 Å². The minimum absolute atomic E-state index is 0.241. The van der Waals surface area contributed by atoms with Crippen molar-refractivity contribution in [2.75, 3.05) is 6.61 Å². The number of amides is 2. The molecule has 9 heteroatoms. The molecule has 0 bridgehead atoms. The standard InChI is InChI=1S/C26H20Cl2INO4S/c1-2-33-23-12-17(6-10-22(23)34-15-18-5-9-20(27)21(28)11-18)13-24-25(31)30(26(32)35-24)14-16-3-7-19(29)8-4-16/h3-13H,2,14-15H2,1H3/b24-13+. The lowest BCUT2D eigenvalue weighted by Crippen LogP contribution is -2.27. The van der Waals surface area contributed by atoms with Gasteiger partial charge in [-0.25, -0.2) is 0 Å². The number of ether oxygens (including phenoxy) is 2. The predicted molar refractivity (Wildman–Crippen MR) is 149 cm³/mol. The number of nitrogens with zero attached hydrogens (tertiary/aromatic N) is 1. The second-order valence-electron chi connectivity index (χ2n) is 7.57. The van der Waals surface area contributed by atoms with E-state index in [1.807, 2.05) is 43.3 Å². The number of hydrogen-bond acceptors (Lipinski definition) is 5. The highest BCUT2D eigenvalue weighted by Gasteiger charge is 2.35. The highest BCUT2D eigenvalue weighted by atomic mass is 127. The number of carbonyl (C=O) groups excluding carboxylic acids is 2. The van der Waals surface area contributed by atoms with Crippen LogP contribution in [0.5, 0.6) is 11.5 Å². The Morgan fingerprint density at radius 1 is 0.914 bits per heavy atom. The minimum atomic E-state index is -0.309. The second-order valence-corrected chi connectivity index (χ2v) is 10.6. The predicted octanol–water partition coefficient (Wildman–Crippen LogP) is 7.81. The smallest absolute Gasteiger partial charge is 0.293 e. The molecule has 1 aliphatic heterocycles. The van der Waals surface area contributed by atoms with Crippen LogP contribution in [0.15, 0.2) is 65.6 Å². The van der Waals surface area contributed by atoms with Gasteiger partial charge in [-0.1, -0.05) is 47.5 Å². The summed E-state index contributed by atoms with van der Waals surface area (Å²) in [4.78, 5) is 27.1. The number of halogens is 3. The van der Waals surface area contributed by atoms with Crippen LogP contribution in [0, 0.1) is 3.57 Å². The van der Waals surface area contributed by atoms with E-state index >= 15 is 0 Å². The van der Waals surface area contributed by atoms with Gasteiger partial charge >= 0.3 is 0 Å². The van der Waals surface area contributed by atoms with Crippen LogP contribution in [0.4, 0.5) is 4.79 Å². The molecule has 5 nitrogen and oxygen atoms in total. The molecule has 1 fully saturated rings. The van der Waals surface area contributed by atoms with Crippen molar-refractivity contribution < 1.29 is 19.1 Å². The van der Waals surface area contributed by atoms with Crippen LogP contribution in [-0.4, -0.2) is 22.7 Å². The van der Waals surface area contributed by atoms with E-state index in [1.54, 1.807) is 30.3 Å². The molecular weight excluding hydrogens is 620 g/mol. The number of benzene rings is 3. The van der Waals surface area contributed by atoms with Crippen LogP contribution in [-0.2, 0) is 17.9 Å². The molecule has 0 N–H and O–H groups in total. The van der Waals surface area contributed by atoms with Crippen LogP contribution in [0.25, 0.3) is 6.08 Å². The fourth-order valence-electron chi connectivity index (χ4n) is 3.35. The Morgan fingerprint density at radius 2 is 1.66 bits per heavy atom. The summed E-state index contributed by atoms with van der Waals surface area (Å²) in [5, 5.41) is 0.660. The minimum Gasteiger partial charge on any atom is -0.490 e. The third-order valence-electron chi connectivity index (χ3n) is 5.07. The molecule has 0 saturated carbocycles. The topological polar surface area (TPSA) is 55.8 Å². The maximum absolute atomic E-state index is 12.9. The SMILES string of the molecule is CCOc1cc(/C=C2/SC(=O)N(Cc3ccc(I)cc3)C2=O)ccc1OCc1ccc(Cl)c(Cl)c1. The lowest BCUT2D eigenvalue weighted by molar-refractivity contribution is -0.123. The van der Waals surface area contributed by atoms with Crippen molar-refractivity contribution in [2.45, 2.75) is 20.1 Å². The van der Waals surface area contributed by atoms with Crippen molar-refractivity contribution in [3.63, 3.8) is 0 Å². The molecule has 0 aromatic heterocycles. The maximum Gasteiger partial charge on any atom is 0.293 e. The van der Waals surface area contributed by atoms with Gasteiger partial charge in [0.05, 0.1) is 28.1 Å². The van der Waals surface area contributed by atoms with Gasteiger partial charge in [-0.05, 0) is 100 Å². The number of carbonyl (C=O) groups is 2. The summed E-state index contributed by atoms with van der Waals surface area (Å²) in [6.07, 6.45) is 1.70. The second kappa shape index (κ2) is 11.7. The van der Waals surface area contributed by atoms with Gasteiger partial charge < -0.3 is 9.47 Å². The first kappa shape index (κ1) is 25.9. The monoisotopic (exact) mass is 639 g/mol. The first-order valence-electron chi connectivity index (χ1n) is 10.7. The summed E-state index contributed by atoms with van der Waals surface area (Å²) in [7, 11) is 0. The third kappa shape index (κ3) is 6.52. The summed E-state index contributed by atoms with van der Waals surface area (Å²) in [6, 6.07) is 18.4. The Bertz CT molecular complexity index is 1300. The molecule has 1 heterocycles. The third-order valence-corrected chi connectivity index (χ3v) is 7.44. The normalized spacial score (nSPS) is 14.6. The summed E-state index contributed by atoms with van der Waals surface area (Å²) < 4.78 is 12.8. The van der Waals surface area contributed by atoms with Crippen molar-refractivity contribution >= 4 is 74.8 Å². The molecule has 0 spiro atoms. The highest BCUT2D eigenvalue weighted by Crippen LogP contribution is 2.36. The van der Waals surface area contributed by atoms with Crippen molar-refractivity contribution in [1.82, 2.24) is 4.90 Å². The molecule has 0 atom stereocenters. The van der Waals surface area contributed by atoms with E-state index in [4.69, 9.17) is 32.7 Å². The molecule has 180 valence electrons. The van der Waals surface area contributed by atoms with E-state index < -0.39 is 0 Å². The van der Waals surface area contributed by atoms with Gasteiger partial charge in [0.2, 0.25) is 0 Å². The van der Waals surface area contributed by atoms with Crippen molar-refractivity contribution in [1.29, 1.82) is 0 Å². The van der Waals surface area contributed by atoms with Crippen molar-refractivity contribution in [3.05, 3.63) is 95.9 Å². The average Bonchev–Trinajstić information content (AvgIpc) is 3.09.